The molecule has 0 spiro atoms. The molecule has 0 aliphatic carbocycles. The maximum Gasteiger partial charge on any atom is 0.253 e. The molecule has 2 aromatic rings. The zero-order valence-electron chi connectivity index (χ0n) is 17.3. The molecule has 3 aliphatic heterocycles. The van der Waals surface area contributed by atoms with Crippen molar-refractivity contribution >= 4 is 27.5 Å². The first-order valence-electron chi connectivity index (χ1n) is 10.8. The fourth-order valence-electron chi connectivity index (χ4n) is 4.81. The molecular weight excluding hydrogens is 414 g/mol. The van der Waals surface area contributed by atoms with Crippen LogP contribution in [0, 0.1) is 0 Å². The minimum absolute atomic E-state index is 0.0689. The van der Waals surface area contributed by atoms with Gasteiger partial charge in [0.15, 0.2) is 0 Å². The monoisotopic (exact) mass is 439 g/mol. The molecule has 0 aromatic heterocycles. The average Bonchev–Trinajstić information content (AvgIpc) is 2.81. The van der Waals surface area contributed by atoms with E-state index in [-0.39, 0.29) is 24.9 Å². The van der Waals surface area contributed by atoms with Gasteiger partial charge < -0.3 is 9.80 Å². The van der Waals surface area contributed by atoms with E-state index in [1.807, 2.05) is 23.1 Å². The van der Waals surface area contributed by atoms with Crippen LogP contribution in [0.25, 0.3) is 0 Å². The van der Waals surface area contributed by atoms with Crippen molar-refractivity contribution in [1.29, 1.82) is 0 Å². The number of hydrogen-bond donors (Lipinski definition) is 0. The molecule has 0 bridgehead atoms. The Morgan fingerprint density at radius 2 is 1.52 bits per heavy atom. The van der Waals surface area contributed by atoms with E-state index in [9.17, 15) is 18.0 Å². The van der Waals surface area contributed by atoms with Crippen LogP contribution in [-0.2, 0) is 27.7 Å². The van der Waals surface area contributed by atoms with Crippen LogP contribution in [0.2, 0.25) is 0 Å². The highest BCUT2D eigenvalue weighted by Crippen LogP contribution is 2.38. The van der Waals surface area contributed by atoms with Gasteiger partial charge in [0, 0.05) is 44.7 Å². The average molecular weight is 440 g/mol. The predicted octanol–water partition coefficient (Wildman–Crippen LogP) is 2.06. The van der Waals surface area contributed by atoms with Crippen molar-refractivity contribution < 1.29 is 18.0 Å². The molecule has 1 saturated heterocycles. The SMILES string of the molecule is O=C(c1ccccc1)N1CCN(S(=O)(=O)c2cc3c4c(c2)CCC(=O)N4CCC3)CC1. The number of carbonyl (C=O) groups is 2. The molecule has 0 radical (unpaired) electrons. The van der Waals surface area contributed by atoms with Crippen LogP contribution in [0.1, 0.15) is 34.3 Å². The largest absolute Gasteiger partial charge is 0.336 e. The number of anilines is 1. The lowest BCUT2D eigenvalue weighted by molar-refractivity contribution is -0.119. The number of hydrogen-bond acceptors (Lipinski definition) is 4. The molecule has 0 unspecified atom stereocenters. The topological polar surface area (TPSA) is 78.0 Å². The summed E-state index contributed by atoms with van der Waals surface area (Å²) in [6.45, 7) is 2.00. The van der Waals surface area contributed by atoms with Crippen molar-refractivity contribution in [3.05, 3.63) is 59.2 Å². The van der Waals surface area contributed by atoms with E-state index in [4.69, 9.17) is 0 Å². The number of carbonyl (C=O) groups excluding carboxylic acids is 2. The van der Waals surface area contributed by atoms with Crippen molar-refractivity contribution in [3.8, 4) is 0 Å². The van der Waals surface area contributed by atoms with Gasteiger partial charge in [-0.05, 0) is 54.7 Å². The smallest absolute Gasteiger partial charge is 0.253 e. The fraction of sp³-hybridized carbons (Fsp3) is 0.391. The van der Waals surface area contributed by atoms with E-state index in [1.54, 1.807) is 29.2 Å². The van der Waals surface area contributed by atoms with E-state index < -0.39 is 10.0 Å². The highest BCUT2D eigenvalue weighted by atomic mass is 32.2. The lowest BCUT2D eigenvalue weighted by Gasteiger charge is -2.37. The van der Waals surface area contributed by atoms with Crippen LogP contribution in [0.4, 0.5) is 5.69 Å². The number of rotatable bonds is 3. The highest BCUT2D eigenvalue weighted by Gasteiger charge is 2.34. The Morgan fingerprint density at radius 1 is 0.839 bits per heavy atom. The van der Waals surface area contributed by atoms with Gasteiger partial charge in [0.1, 0.15) is 0 Å². The van der Waals surface area contributed by atoms with Gasteiger partial charge in [-0.15, -0.1) is 0 Å². The van der Waals surface area contributed by atoms with Gasteiger partial charge in [-0.3, -0.25) is 9.59 Å². The molecule has 31 heavy (non-hydrogen) atoms. The minimum atomic E-state index is -3.66. The van der Waals surface area contributed by atoms with Crippen LogP contribution in [0.15, 0.2) is 47.4 Å². The molecule has 0 N–H and O–H groups in total. The summed E-state index contributed by atoms with van der Waals surface area (Å²) >= 11 is 0. The summed E-state index contributed by atoms with van der Waals surface area (Å²) in [5.74, 6) is 0.0591. The second kappa shape index (κ2) is 7.76. The Hall–Kier alpha value is -2.71. The summed E-state index contributed by atoms with van der Waals surface area (Å²) in [6.07, 6.45) is 2.65. The first kappa shape index (κ1) is 20.2. The summed E-state index contributed by atoms with van der Waals surface area (Å²) in [7, 11) is -3.66. The predicted molar refractivity (Wildman–Crippen MR) is 117 cm³/mol. The molecule has 1 fully saturated rings. The zero-order valence-corrected chi connectivity index (χ0v) is 18.1. The van der Waals surface area contributed by atoms with Crippen LogP contribution >= 0.6 is 0 Å². The van der Waals surface area contributed by atoms with E-state index >= 15 is 0 Å². The van der Waals surface area contributed by atoms with Crippen molar-refractivity contribution in [2.45, 2.75) is 30.6 Å². The molecule has 5 rings (SSSR count). The van der Waals surface area contributed by atoms with E-state index in [0.717, 1.165) is 29.7 Å². The third-order valence-electron chi connectivity index (χ3n) is 6.43. The summed E-state index contributed by atoms with van der Waals surface area (Å²) < 4.78 is 28.3. The minimum Gasteiger partial charge on any atom is -0.336 e. The van der Waals surface area contributed by atoms with Crippen LogP contribution in [-0.4, -0.2) is 62.2 Å². The van der Waals surface area contributed by atoms with Crippen molar-refractivity contribution in [2.24, 2.45) is 0 Å². The van der Waals surface area contributed by atoms with E-state index in [2.05, 4.69) is 0 Å². The molecule has 0 atom stereocenters. The number of sulfonamides is 1. The normalized spacial score (nSPS) is 19.3. The number of nitrogens with zero attached hydrogens (tertiary/aromatic N) is 3. The second-order valence-electron chi connectivity index (χ2n) is 8.30. The summed E-state index contributed by atoms with van der Waals surface area (Å²) in [6, 6.07) is 12.6. The summed E-state index contributed by atoms with van der Waals surface area (Å²) in [5, 5.41) is 0. The molecule has 8 heteroatoms. The molecule has 7 nitrogen and oxygen atoms in total. The van der Waals surface area contributed by atoms with Crippen LogP contribution in [0.3, 0.4) is 0 Å². The maximum absolute atomic E-state index is 13.4. The van der Waals surface area contributed by atoms with E-state index in [0.29, 0.717) is 42.9 Å². The molecule has 2 amide bonds. The Labute approximate surface area is 182 Å². The van der Waals surface area contributed by atoms with Gasteiger partial charge in [0.05, 0.1) is 10.6 Å². The Balaban J connectivity index is 1.36. The van der Waals surface area contributed by atoms with E-state index in [1.165, 1.54) is 4.31 Å². The van der Waals surface area contributed by atoms with Crippen molar-refractivity contribution in [3.63, 3.8) is 0 Å². The molecular formula is C23H25N3O4S. The Bertz CT molecular complexity index is 1120. The van der Waals surface area contributed by atoms with Crippen molar-refractivity contribution in [2.75, 3.05) is 37.6 Å². The van der Waals surface area contributed by atoms with Gasteiger partial charge in [-0.2, -0.15) is 4.31 Å². The van der Waals surface area contributed by atoms with Gasteiger partial charge in [-0.25, -0.2) is 8.42 Å². The van der Waals surface area contributed by atoms with Gasteiger partial charge in [0.25, 0.3) is 5.91 Å². The number of amides is 2. The second-order valence-corrected chi connectivity index (χ2v) is 10.2. The zero-order chi connectivity index (χ0) is 21.6. The van der Waals surface area contributed by atoms with Crippen molar-refractivity contribution in [1.82, 2.24) is 9.21 Å². The third kappa shape index (κ3) is 3.53. The van der Waals surface area contributed by atoms with Gasteiger partial charge >= 0.3 is 0 Å². The number of benzene rings is 2. The third-order valence-corrected chi connectivity index (χ3v) is 8.31. The fourth-order valence-corrected chi connectivity index (χ4v) is 6.34. The summed E-state index contributed by atoms with van der Waals surface area (Å²) in [4.78, 5) is 28.8. The molecule has 0 saturated carbocycles. The lowest BCUT2D eigenvalue weighted by atomic mass is 9.92. The standard InChI is InChI=1S/C23H25N3O4S/c27-21-9-8-19-16-20(15-18-7-4-10-26(21)22(18)19)31(29,30)25-13-11-24(12-14-25)23(28)17-5-2-1-3-6-17/h1-3,5-6,15-16H,4,7-14H2. The molecule has 3 aliphatic rings. The quantitative estimate of drug-likeness (QED) is 0.734. The maximum atomic E-state index is 13.4. The number of aryl methyl sites for hydroxylation is 2. The Kier molecular flexibility index (Phi) is 5.06. The first-order chi connectivity index (χ1) is 14.9. The summed E-state index contributed by atoms with van der Waals surface area (Å²) in [5.41, 5.74) is 3.45. The Morgan fingerprint density at radius 3 is 2.23 bits per heavy atom. The molecule has 3 heterocycles. The van der Waals surface area contributed by atoms with Crippen LogP contribution < -0.4 is 4.90 Å². The molecule has 162 valence electrons. The van der Waals surface area contributed by atoms with Gasteiger partial charge in [-0.1, -0.05) is 18.2 Å². The van der Waals surface area contributed by atoms with Crippen LogP contribution in [0.5, 0.6) is 0 Å². The number of piperazine rings is 1. The lowest BCUT2D eigenvalue weighted by Crippen LogP contribution is -2.50. The molecule has 2 aromatic carbocycles. The van der Waals surface area contributed by atoms with Gasteiger partial charge in [0.2, 0.25) is 15.9 Å². The highest BCUT2D eigenvalue weighted by molar-refractivity contribution is 7.89. The first-order valence-corrected chi connectivity index (χ1v) is 12.2.